The minimum atomic E-state index is -0.786. The summed E-state index contributed by atoms with van der Waals surface area (Å²) in [7, 11) is 3.10. The Morgan fingerprint density at radius 2 is 1.92 bits per heavy atom. The van der Waals surface area contributed by atoms with Crippen LogP contribution in [0, 0.1) is 0 Å². The Morgan fingerprint density at radius 1 is 1.14 bits per heavy atom. The third-order valence-electron chi connectivity index (χ3n) is 5.90. The molecule has 5 rings (SSSR count). The van der Waals surface area contributed by atoms with E-state index in [9.17, 15) is 9.59 Å². The Bertz CT molecular complexity index is 1700. The second kappa shape index (κ2) is 10.2. The lowest BCUT2D eigenvalue weighted by Gasteiger charge is -2.26. The number of hydrogen-bond acceptors (Lipinski definition) is 7. The number of aromatic nitrogens is 1. The molecule has 0 saturated heterocycles. The molecule has 0 saturated carbocycles. The lowest BCUT2D eigenvalue weighted by molar-refractivity contribution is -0.113. The van der Waals surface area contributed by atoms with Gasteiger partial charge in [-0.15, -0.1) is 0 Å². The molecule has 0 bridgehead atoms. The summed E-state index contributed by atoms with van der Waals surface area (Å²) in [5.41, 5.74) is 1.81. The maximum Gasteiger partial charge on any atom is 0.271 e. The van der Waals surface area contributed by atoms with Crippen molar-refractivity contribution in [3.05, 3.63) is 108 Å². The number of benzene rings is 2. The molecule has 1 aliphatic heterocycles. The number of para-hydroxylation sites is 1. The number of carbonyl (C=O) groups is 1. The summed E-state index contributed by atoms with van der Waals surface area (Å²) < 4.78 is 19.1. The van der Waals surface area contributed by atoms with Gasteiger partial charge in [0.25, 0.3) is 11.5 Å². The number of ether oxygens (including phenoxy) is 2. The fourth-order valence-corrected chi connectivity index (χ4v) is 5.55. The molecule has 1 N–H and O–H groups in total. The van der Waals surface area contributed by atoms with Crippen LogP contribution in [0.4, 0.5) is 5.69 Å². The first-order valence-corrected chi connectivity index (χ1v) is 12.9. The van der Waals surface area contributed by atoms with Crippen LogP contribution >= 0.6 is 27.3 Å². The minimum absolute atomic E-state index is 0.295. The first-order chi connectivity index (χ1) is 17.9. The van der Waals surface area contributed by atoms with E-state index in [0.717, 1.165) is 0 Å². The molecule has 3 heterocycles. The van der Waals surface area contributed by atoms with Gasteiger partial charge in [0.05, 0.1) is 30.0 Å². The average molecular weight is 580 g/mol. The maximum absolute atomic E-state index is 13.8. The summed E-state index contributed by atoms with van der Waals surface area (Å²) in [6.07, 6.45) is 1.67. The molecule has 10 heteroatoms. The zero-order valence-corrected chi connectivity index (χ0v) is 22.6. The number of thiazole rings is 1. The molecule has 0 fully saturated rings. The molecule has 2 aromatic heterocycles. The predicted molar refractivity (Wildman–Crippen MR) is 145 cm³/mol. The van der Waals surface area contributed by atoms with Gasteiger partial charge in [-0.05, 0) is 59.3 Å². The number of amides is 1. The fourth-order valence-electron chi connectivity index (χ4n) is 4.21. The van der Waals surface area contributed by atoms with Gasteiger partial charge in [0.1, 0.15) is 23.3 Å². The van der Waals surface area contributed by atoms with Crippen LogP contribution in [0.3, 0.4) is 0 Å². The van der Waals surface area contributed by atoms with Gasteiger partial charge in [-0.3, -0.25) is 14.2 Å². The van der Waals surface area contributed by atoms with Crippen LogP contribution < -0.4 is 29.7 Å². The Hall–Kier alpha value is -3.89. The van der Waals surface area contributed by atoms with Gasteiger partial charge in [0.15, 0.2) is 9.47 Å². The zero-order chi connectivity index (χ0) is 26.1. The first-order valence-electron chi connectivity index (χ1n) is 11.3. The Kier molecular flexibility index (Phi) is 6.86. The van der Waals surface area contributed by atoms with Crippen LogP contribution in [0.1, 0.15) is 24.3 Å². The number of carbonyl (C=O) groups excluding carboxylic acids is 1. The van der Waals surface area contributed by atoms with E-state index in [0.29, 0.717) is 53.8 Å². The van der Waals surface area contributed by atoms with Crippen molar-refractivity contribution in [2.75, 3.05) is 19.5 Å². The lowest BCUT2D eigenvalue weighted by atomic mass is 9.94. The Morgan fingerprint density at radius 3 is 2.59 bits per heavy atom. The number of halogens is 1. The summed E-state index contributed by atoms with van der Waals surface area (Å²) in [5.74, 6) is 1.23. The molecule has 188 valence electrons. The second-order valence-electron chi connectivity index (χ2n) is 8.15. The van der Waals surface area contributed by atoms with E-state index >= 15 is 0 Å². The number of fused-ring (bicyclic) bond motifs is 1. The van der Waals surface area contributed by atoms with Crippen molar-refractivity contribution in [1.82, 2.24) is 4.57 Å². The molecule has 1 atom stereocenters. The number of allylic oxidation sites excluding steroid dienone is 1. The van der Waals surface area contributed by atoms with Crippen LogP contribution in [0.2, 0.25) is 0 Å². The number of rotatable bonds is 6. The highest BCUT2D eigenvalue weighted by atomic mass is 79.9. The van der Waals surface area contributed by atoms with Crippen LogP contribution in [-0.4, -0.2) is 24.7 Å². The van der Waals surface area contributed by atoms with E-state index in [1.54, 1.807) is 62.6 Å². The van der Waals surface area contributed by atoms with Crippen LogP contribution in [0.15, 0.2) is 90.8 Å². The number of anilines is 1. The highest BCUT2D eigenvalue weighted by molar-refractivity contribution is 9.10. The monoisotopic (exact) mass is 579 g/mol. The van der Waals surface area contributed by atoms with E-state index in [1.807, 2.05) is 18.2 Å². The minimum Gasteiger partial charge on any atom is -0.497 e. The van der Waals surface area contributed by atoms with E-state index in [2.05, 4.69) is 26.2 Å². The highest BCUT2D eigenvalue weighted by Gasteiger charge is 2.34. The van der Waals surface area contributed by atoms with Gasteiger partial charge in [0, 0.05) is 23.4 Å². The smallest absolute Gasteiger partial charge is 0.271 e. The molecule has 1 amide bonds. The van der Waals surface area contributed by atoms with Gasteiger partial charge in [-0.25, -0.2) is 4.99 Å². The van der Waals surface area contributed by atoms with Crippen molar-refractivity contribution in [2.45, 2.75) is 13.0 Å². The third kappa shape index (κ3) is 4.77. The highest BCUT2D eigenvalue weighted by Crippen LogP contribution is 2.37. The molecular weight excluding hydrogens is 558 g/mol. The van der Waals surface area contributed by atoms with E-state index in [1.165, 1.54) is 23.0 Å². The van der Waals surface area contributed by atoms with E-state index < -0.39 is 6.04 Å². The first kappa shape index (κ1) is 24.8. The number of furan rings is 1. The molecular formula is C27H22BrN3O5S. The molecule has 1 aliphatic rings. The fraction of sp³-hybridized carbons (Fsp3) is 0.148. The van der Waals surface area contributed by atoms with Crippen molar-refractivity contribution >= 4 is 44.9 Å². The molecule has 0 unspecified atom stereocenters. The lowest BCUT2D eigenvalue weighted by Crippen LogP contribution is -2.40. The summed E-state index contributed by atoms with van der Waals surface area (Å²) in [6.45, 7) is 1.77. The standard InChI is InChI=1S/C27H22BrN3O5S/c1-15-23(25(32)30-16-7-5-4-6-8-16)24(19-11-9-17(34-2)13-20(19)35-3)31-26(33)21(37-27(31)29-15)14-18-10-12-22(28)36-18/h4-14,24H,1-3H3,(H,30,32)/b21-14-/t24-/m1/s1. The summed E-state index contributed by atoms with van der Waals surface area (Å²) >= 11 is 4.52. The predicted octanol–water partition coefficient (Wildman–Crippen LogP) is 4.25. The van der Waals surface area contributed by atoms with Gasteiger partial charge >= 0.3 is 0 Å². The van der Waals surface area contributed by atoms with Crippen molar-refractivity contribution in [3.63, 3.8) is 0 Å². The molecule has 0 spiro atoms. The van der Waals surface area contributed by atoms with E-state index in [4.69, 9.17) is 13.9 Å². The molecule has 37 heavy (non-hydrogen) atoms. The van der Waals surface area contributed by atoms with Crippen molar-refractivity contribution in [2.24, 2.45) is 4.99 Å². The topological polar surface area (TPSA) is 95.1 Å². The molecule has 2 aromatic carbocycles. The summed E-state index contributed by atoms with van der Waals surface area (Å²) in [4.78, 5) is 32.6. The second-order valence-corrected chi connectivity index (χ2v) is 9.94. The number of nitrogens with one attached hydrogen (secondary N) is 1. The largest absolute Gasteiger partial charge is 0.497 e. The van der Waals surface area contributed by atoms with Crippen LogP contribution in [0.5, 0.6) is 11.5 Å². The van der Waals surface area contributed by atoms with Crippen molar-refractivity contribution < 1.29 is 18.7 Å². The van der Waals surface area contributed by atoms with Gasteiger partial charge < -0.3 is 19.2 Å². The quantitative estimate of drug-likeness (QED) is 0.368. The molecule has 4 aromatic rings. The van der Waals surface area contributed by atoms with Gasteiger partial charge in [-0.1, -0.05) is 29.5 Å². The Balaban J connectivity index is 1.72. The average Bonchev–Trinajstić information content (AvgIpc) is 3.45. The number of nitrogens with zero attached hydrogens (tertiary/aromatic N) is 2. The SMILES string of the molecule is COc1ccc([C@@H]2C(C(=O)Nc3ccccc3)=C(C)N=c3s/c(=C\c4ccc(Br)o4)c(=O)n32)c(OC)c1. The van der Waals surface area contributed by atoms with Gasteiger partial charge in [0.2, 0.25) is 0 Å². The normalized spacial score (nSPS) is 15.2. The number of hydrogen-bond donors (Lipinski definition) is 1. The van der Waals surface area contributed by atoms with Gasteiger partial charge in [-0.2, -0.15) is 0 Å². The summed E-state index contributed by atoms with van der Waals surface area (Å²) in [6, 6.07) is 17.2. The van der Waals surface area contributed by atoms with Crippen LogP contribution in [0.25, 0.3) is 6.08 Å². The third-order valence-corrected chi connectivity index (χ3v) is 7.31. The zero-order valence-electron chi connectivity index (χ0n) is 20.2. The molecule has 0 aliphatic carbocycles. The maximum atomic E-state index is 13.8. The summed E-state index contributed by atoms with van der Waals surface area (Å²) in [5, 5.41) is 2.94. The van der Waals surface area contributed by atoms with Crippen molar-refractivity contribution in [3.8, 4) is 11.5 Å². The molecule has 0 radical (unpaired) electrons. The number of methoxy groups -OCH3 is 2. The van der Waals surface area contributed by atoms with Crippen LogP contribution in [-0.2, 0) is 4.79 Å². The van der Waals surface area contributed by atoms with Crippen molar-refractivity contribution in [1.29, 1.82) is 0 Å². The van der Waals surface area contributed by atoms with E-state index in [-0.39, 0.29) is 11.5 Å². The Labute approximate surface area is 224 Å². The molecule has 8 nitrogen and oxygen atoms in total.